The van der Waals surface area contributed by atoms with E-state index in [2.05, 4.69) is 31.4 Å². The van der Waals surface area contributed by atoms with Gasteiger partial charge in [-0.25, -0.2) is 4.79 Å². The summed E-state index contributed by atoms with van der Waals surface area (Å²) in [5, 5.41) is 5.50. The van der Waals surface area contributed by atoms with Crippen LogP contribution in [0.2, 0.25) is 0 Å². The van der Waals surface area contributed by atoms with Gasteiger partial charge in [-0.2, -0.15) is 0 Å². The maximum atomic E-state index is 13.1. The molecule has 0 spiro atoms. The zero-order valence-corrected chi connectivity index (χ0v) is 18.4. The maximum Gasteiger partial charge on any atom is 0.325 e. The van der Waals surface area contributed by atoms with Crippen molar-refractivity contribution in [1.29, 1.82) is 0 Å². The summed E-state index contributed by atoms with van der Waals surface area (Å²) < 4.78 is 0. The number of hydrogen-bond acceptors (Lipinski definition) is 3. The molecule has 3 rings (SSSR count). The second-order valence-electron chi connectivity index (χ2n) is 9.12. The van der Waals surface area contributed by atoms with Crippen molar-refractivity contribution in [1.82, 2.24) is 10.2 Å². The minimum atomic E-state index is -1.20. The topological polar surface area (TPSA) is 78.5 Å². The minimum Gasteiger partial charge on any atom is -0.325 e. The number of rotatable bonds is 4. The molecule has 1 aliphatic heterocycles. The first-order chi connectivity index (χ1) is 13.9. The maximum absolute atomic E-state index is 13.1. The Morgan fingerprint density at radius 2 is 1.67 bits per heavy atom. The summed E-state index contributed by atoms with van der Waals surface area (Å²) in [6.45, 7) is 11.6. The molecule has 0 radical (unpaired) electrons. The molecule has 2 aromatic rings. The van der Waals surface area contributed by atoms with Crippen molar-refractivity contribution in [3.63, 3.8) is 0 Å². The summed E-state index contributed by atoms with van der Waals surface area (Å²) in [7, 11) is 0. The molecule has 1 saturated heterocycles. The molecular weight excluding hydrogens is 378 g/mol. The Balaban J connectivity index is 1.75. The normalized spacial score (nSPS) is 19.1. The van der Waals surface area contributed by atoms with Gasteiger partial charge in [-0.05, 0) is 60.6 Å². The number of hydrogen-bond donors (Lipinski definition) is 2. The van der Waals surface area contributed by atoms with Gasteiger partial charge < -0.3 is 10.6 Å². The third kappa shape index (κ3) is 4.08. The lowest BCUT2D eigenvalue weighted by Gasteiger charge is -2.24. The summed E-state index contributed by atoms with van der Waals surface area (Å²) in [6, 6.07) is 12.7. The average molecular weight is 408 g/mol. The van der Waals surface area contributed by atoms with Crippen LogP contribution in [0.1, 0.15) is 49.9 Å². The van der Waals surface area contributed by atoms with Gasteiger partial charge in [0.05, 0.1) is 0 Å². The molecule has 30 heavy (non-hydrogen) atoms. The largest absolute Gasteiger partial charge is 0.325 e. The number of benzene rings is 2. The smallest absolute Gasteiger partial charge is 0.325 e. The number of carbonyl (C=O) groups excluding carboxylic acids is 3. The number of nitrogens with one attached hydrogen (secondary N) is 2. The molecule has 0 aliphatic carbocycles. The fourth-order valence-electron chi connectivity index (χ4n) is 3.50. The van der Waals surface area contributed by atoms with E-state index < -0.39 is 23.4 Å². The highest BCUT2D eigenvalue weighted by molar-refractivity contribution is 6.10. The van der Waals surface area contributed by atoms with Crippen LogP contribution in [-0.2, 0) is 20.5 Å². The van der Waals surface area contributed by atoms with Crippen LogP contribution in [-0.4, -0.2) is 29.3 Å². The number of amides is 4. The van der Waals surface area contributed by atoms with E-state index in [-0.39, 0.29) is 12.0 Å². The van der Waals surface area contributed by atoms with Crippen LogP contribution in [0.5, 0.6) is 0 Å². The van der Waals surface area contributed by atoms with Gasteiger partial charge in [0.1, 0.15) is 12.1 Å². The number of urea groups is 1. The predicted molar refractivity (Wildman–Crippen MR) is 117 cm³/mol. The number of aryl methyl sites for hydroxylation is 2. The summed E-state index contributed by atoms with van der Waals surface area (Å²) >= 11 is 0. The van der Waals surface area contributed by atoms with E-state index in [0.29, 0.717) is 11.3 Å². The molecule has 0 saturated carbocycles. The lowest BCUT2D eigenvalue weighted by Crippen LogP contribution is -2.42. The van der Waals surface area contributed by atoms with Crippen molar-refractivity contribution in [3.05, 3.63) is 64.7 Å². The molecule has 2 aromatic carbocycles. The zero-order valence-electron chi connectivity index (χ0n) is 18.4. The fraction of sp³-hybridized carbons (Fsp3) is 0.375. The van der Waals surface area contributed by atoms with E-state index >= 15 is 0 Å². The highest BCUT2D eigenvalue weighted by Crippen LogP contribution is 2.31. The molecule has 158 valence electrons. The lowest BCUT2D eigenvalue weighted by atomic mass is 9.84. The van der Waals surface area contributed by atoms with Crippen LogP contribution in [0.3, 0.4) is 0 Å². The third-order valence-corrected chi connectivity index (χ3v) is 5.70. The number of anilines is 1. The molecule has 0 aromatic heterocycles. The summed E-state index contributed by atoms with van der Waals surface area (Å²) in [5.74, 6) is -0.861. The standard InChI is InChI=1S/C24H29N3O3/c1-15-7-12-19(13-16(15)2)25-20(28)14-27-21(29)24(6,26-22(27)30)18-10-8-17(9-11-18)23(3,4)5/h7-13H,14H2,1-6H3,(H,25,28)(H,26,30). The molecule has 2 N–H and O–H groups in total. The van der Waals surface area contributed by atoms with E-state index in [1.807, 2.05) is 50.2 Å². The highest BCUT2D eigenvalue weighted by Gasteiger charge is 2.49. The first-order valence-corrected chi connectivity index (χ1v) is 10.0. The monoisotopic (exact) mass is 407 g/mol. The second kappa shape index (κ2) is 7.59. The van der Waals surface area contributed by atoms with Crippen molar-refractivity contribution in [2.24, 2.45) is 0 Å². The molecule has 6 heteroatoms. The second-order valence-corrected chi connectivity index (χ2v) is 9.12. The van der Waals surface area contributed by atoms with Crippen molar-refractivity contribution in [2.45, 2.75) is 52.5 Å². The number of carbonyl (C=O) groups is 3. The SMILES string of the molecule is Cc1ccc(NC(=O)CN2C(=O)NC(C)(c3ccc(C(C)(C)C)cc3)C2=O)cc1C. The van der Waals surface area contributed by atoms with Crippen LogP contribution < -0.4 is 10.6 Å². The van der Waals surface area contributed by atoms with Crippen molar-refractivity contribution in [3.8, 4) is 0 Å². The van der Waals surface area contributed by atoms with Crippen molar-refractivity contribution in [2.75, 3.05) is 11.9 Å². The first kappa shape index (κ1) is 21.6. The van der Waals surface area contributed by atoms with Gasteiger partial charge in [-0.1, -0.05) is 51.1 Å². The van der Waals surface area contributed by atoms with Crippen LogP contribution in [0, 0.1) is 13.8 Å². The first-order valence-electron chi connectivity index (χ1n) is 10.0. The minimum absolute atomic E-state index is 0.0131. The van der Waals surface area contributed by atoms with Crippen LogP contribution >= 0.6 is 0 Å². The Bertz CT molecular complexity index is 1010. The molecule has 1 atom stereocenters. The van der Waals surface area contributed by atoms with Crippen LogP contribution in [0.15, 0.2) is 42.5 Å². The van der Waals surface area contributed by atoms with Gasteiger partial charge in [0.15, 0.2) is 0 Å². The molecule has 1 fully saturated rings. The van der Waals surface area contributed by atoms with Gasteiger partial charge in [-0.15, -0.1) is 0 Å². The quantitative estimate of drug-likeness (QED) is 0.752. The van der Waals surface area contributed by atoms with E-state index in [1.165, 1.54) is 0 Å². The summed E-state index contributed by atoms with van der Waals surface area (Å²) in [4.78, 5) is 39.0. The lowest BCUT2D eigenvalue weighted by molar-refractivity contribution is -0.133. The van der Waals surface area contributed by atoms with Gasteiger partial charge in [0, 0.05) is 5.69 Å². The van der Waals surface area contributed by atoms with Crippen LogP contribution in [0.25, 0.3) is 0 Å². The average Bonchev–Trinajstić information content (AvgIpc) is 2.88. The zero-order chi connectivity index (χ0) is 22.3. The van der Waals surface area contributed by atoms with Crippen molar-refractivity contribution >= 4 is 23.5 Å². The fourth-order valence-corrected chi connectivity index (χ4v) is 3.50. The Labute approximate surface area is 177 Å². The van der Waals surface area contributed by atoms with Gasteiger partial charge in [0.25, 0.3) is 5.91 Å². The molecule has 1 unspecified atom stereocenters. The van der Waals surface area contributed by atoms with E-state index in [1.54, 1.807) is 13.0 Å². The van der Waals surface area contributed by atoms with E-state index in [9.17, 15) is 14.4 Å². The van der Waals surface area contributed by atoms with Gasteiger partial charge in [0.2, 0.25) is 5.91 Å². The highest BCUT2D eigenvalue weighted by atomic mass is 16.2. The Hall–Kier alpha value is -3.15. The summed E-state index contributed by atoms with van der Waals surface area (Å²) in [5.41, 5.74) is 3.41. The molecule has 4 amide bonds. The van der Waals surface area contributed by atoms with E-state index in [0.717, 1.165) is 21.6 Å². The number of imide groups is 1. The van der Waals surface area contributed by atoms with Crippen molar-refractivity contribution < 1.29 is 14.4 Å². The van der Waals surface area contributed by atoms with E-state index in [4.69, 9.17) is 0 Å². The molecule has 0 bridgehead atoms. The Morgan fingerprint density at radius 3 is 2.23 bits per heavy atom. The third-order valence-electron chi connectivity index (χ3n) is 5.70. The molecule has 1 heterocycles. The number of nitrogens with zero attached hydrogens (tertiary/aromatic N) is 1. The molecular formula is C24H29N3O3. The van der Waals surface area contributed by atoms with Crippen LogP contribution in [0.4, 0.5) is 10.5 Å². The van der Waals surface area contributed by atoms with Gasteiger partial charge in [-0.3, -0.25) is 14.5 Å². The Kier molecular flexibility index (Phi) is 5.46. The Morgan fingerprint density at radius 1 is 1.03 bits per heavy atom. The summed E-state index contributed by atoms with van der Waals surface area (Å²) in [6.07, 6.45) is 0. The predicted octanol–water partition coefficient (Wildman–Crippen LogP) is 4.01. The molecule has 6 nitrogen and oxygen atoms in total. The molecule has 1 aliphatic rings. The van der Waals surface area contributed by atoms with Gasteiger partial charge >= 0.3 is 6.03 Å².